The lowest BCUT2D eigenvalue weighted by Gasteiger charge is -2.09. The van der Waals surface area contributed by atoms with Gasteiger partial charge in [-0.3, -0.25) is 14.9 Å². The molecule has 0 aliphatic heterocycles. The Morgan fingerprint density at radius 3 is 2.37 bits per heavy atom. The topological polar surface area (TPSA) is 137 Å². The zero-order chi connectivity index (χ0) is 22.3. The normalized spacial score (nSPS) is 10.2. The Morgan fingerprint density at radius 1 is 1.10 bits per heavy atom. The van der Waals surface area contributed by atoms with E-state index in [9.17, 15) is 24.5 Å². The summed E-state index contributed by atoms with van der Waals surface area (Å²) in [6.45, 7) is 4.93. The zero-order valence-corrected chi connectivity index (χ0v) is 17.5. The molecule has 0 atom stereocenters. The average molecular weight is 435 g/mol. The summed E-state index contributed by atoms with van der Waals surface area (Å²) in [6, 6.07) is 5.73. The second-order valence-corrected chi connectivity index (χ2v) is 6.90. The lowest BCUT2D eigenvalue weighted by Crippen LogP contribution is -2.22. The monoisotopic (exact) mass is 435 g/mol. The van der Waals surface area contributed by atoms with Crippen molar-refractivity contribution in [2.45, 2.75) is 20.8 Å². The standard InChI is InChI=1S/C19H21N3O7S/c1-4-28-18(24)15-11(3)16(19(25)29-5-2)30-17(15)20-10-14(23)21-12-8-6-7-9-13(12)22(26)27/h6-9,20H,4-5,10H2,1-3H3,(H,21,23). The number of thiophene rings is 1. The van der Waals surface area contributed by atoms with Gasteiger partial charge in [0.25, 0.3) is 5.69 Å². The largest absolute Gasteiger partial charge is 0.462 e. The Hall–Kier alpha value is -3.47. The van der Waals surface area contributed by atoms with Gasteiger partial charge >= 0.3 is 11.9 Å². The van der Waals surface area contributed by atoms with E-state index in [0.717, 1.165) is 11.3 Å². The van der Waals surface area contributed by atoms with Crippen molar-refractivity contribution >= 4 is 45.6 Å². The molecule has 0 saturated carbocycles. The quantitative estimate of drug-likeness (QED) is 0.347. The summed E-state index contributed by atoms with van der Waals surface area (Å²) in [5, 5.41) is 16.6. The maximum absolute atomic E-state index is 12.4. The third-order valence-electron chi connectivity index (χ3n) is 3.87. The Balaban J connectivity index is 2.22. The number of nitrogens with zero attached hydrogens (tertiary/aromatic N) is 1. The highest BCUT2D eigenvalue weighted by molar-refractivity contribution is 7.18. The molecule has 0 unspecified atom stereocenters. The van der Waals surface area contributed by atoms with Gasteiger partial charge in [-0.1, -0.05) is 12.1 Å². The van der Waals surface area contributed by atoms with E-state index in [0.29, 0.717) is 5.56 Å². The molecule has 1 amide bonds. The van der Waals surface area contributed by atoms with E-state index in [-0.39, 0.29) is 46.6 Å². The highest BCUT2D eigenvalue weighted by Gasteiger charge is 2.26. The van der Waals surface area contributed by atoms with Gasteiger partial charge in [-0.15, -0.1) is 11.3 Å². The van der Waals surface area contributed by atoms with E-state index in [1.807, 2.05) is 0 Å². The summed E-state index contributed by atoms with van der Waals surface area (Å²) < 4.78 is 10.1. The number of rotatable bonds is 9. The Labute approximate surface area is 176 Å². The molecule has 10 nitrogen and oxygen atoms in total. The van der Waals surface area contributed by atoms with Crippen LogP contribution in [0.15, 0.2) is 24.3 Å². The smallest absolute Gasteiger partial charge is 0.348 e. The van der Waals surface area contributed by atoms with Crippen LogP contribution in [0.4, 0.5) is 16.4 Å². The first-order valence-electron chi connectivity index (χ1n) is 9.04. The van der Waals surface area contributed by atoms with Crippen LogP contribution in [0.25, 0.3) is 0 Å². The summed E-state index contributed by atoms with van der Waals surface area (Å²) in [5.41, 5.74) is 0.339. The van der Waals surface area contributed by atoms with Crippen LogP contribution < -0.4 is 10.6 Å². The van der Waals surface area contributed by atoms with Gasteiger partial charge in [0.15, 0.2) is 0 Å². The Kier molecular flexibility index (Phi) is 7.87. The number of hydrogen-bond donors (Lipinski definition) is 2. The van der Waals surface area contributed by atoms with Crippen molar-refractivity contribution in [3.63, 3.8) is 0 Å². The molecule has 0 saturated heterocycles. The van der Waals surface area contributed by atoms with Crippen LogP contribution in [-0.2, 0) is 14.3 Å². The molecule has 30 heavy (non-hydrogen) atoms. The molecule has 0 spiro atoms. The molecule has 0 bridgehead atoms. The molecule has 2 rings (SSSR count). The van der Waals surface area contributed by atoms with Crippen molar-refractivity contribution < 1.29 is 28.8 Å². The minimum atomic E-state index is -0.636. The highest BCUT2D eigenvalue weighted by Crippen LogP contribution is 2.34. The average Bonchev–Trinajstić information content (AvgIpc) is 3.03. The summed E-state index contributed by atoms with van der Waals surface area (Å²) in [7, 11) is 0. The van der Waals surface area contributed by atoms with Crippen LogP contribution in [0.2, 0.25) is 0 Å². The van der Waals surface area contributed by atoms with Crippen LogP contribution >= 0.6 is 11.3 Å². The van der Waals surface area contributed by atoms with Crippen molar-refractivity contribution in [1.82, 2.24) is 0 Å². The zero-order valence-electron chi connectivity index (χ0n) is 16.6. The number of para-hydroxylation sites is 2. The van der Waals surface area contributed by atoms with E-state index < -0.39 is 22.8 Å². The number of amides is 1. The summed E-state index contributed by atoms with van der Waals surface area (Å²) in [4.78, 5) is 47.5. The van der Waals surface area contributed by atoms with E-state index in [1.165, 1.54) is 18.2 Å². The first kappa shape index (κ1) is 22.8. The van der Waals surface area contributed by atoms with E-state index in [2.05, 4.69) is 10.6 Å². The molecular weight excluding hydrogens is 414 g/mol. The third-order valence-corrected chi connectivity index (χ3v) is 5.10. The molecule has 1 aromatic heterocycles. The number of esters is 2. The van der Waals surface area contributed by atoms with Gasteiger partial charge in [0, 0.05) is 6.07 Å². The van der Waals surface area contributed by atoms with Crippen LogP contribution in [-0.4, -0.2) is 42.5 Å². The van der Waals surface area contributed by atoms with E-state index >= 15 is 0 Å². The second-order valence-electron chi connectivity index (χ2n) is 5.88. The molecule has 0 radical (unpaired) electrons. The van der Waals surface area contributed by atoms with Gasteiger partial charge in [-0.25, -0.2) is 9.59 Å². The number of anilines is 2. The minimum Gasteiger partial charge on any atom is -0.462 e. The minimum absolute atomic E-state index is 0.0505. The maximum atomic E-state index is 12.4. The number of nitrogens with one attached hydrogen (secondary N) is 2. The van der Waals surface area contributed by atoms with Gasteiger partial charge < -0.3 is 20.1 Å². The molecule has 2 aromatic rings. The van der Waals surface area contributed by atoms with Gasteiger partial charge in [-0.05, 0) is 32.4 Å². The fourth-order valence-electron chi connectivity index (χ4n) is 2.57. The molecule has 1 heterocycles. The molecule has 0 fully saturated rings. The molecular formula is C19H21N3O7S. The van der Waals surface area contributed by atoms with Gasteiger partial charge in [0.1, 0.15) is 15.6 Å². The van der Waals surface area contributed by atoms with Gasteiger partial charge in [0.2, 0.25) is 5.91 Å². The van der Waals surface area contributed by atoms with Crippen molar-refractivity contribution in [1.29, 1.82) is 0 Å². The van der Waals surface area contributed by atoms with Crippen LogP contribution in [0.3, 0.4) is 0 Å². The molecule has 11 heteroatoms. The number of ether oxygens (including phenoxy) is 2. The van der Waals surface area contributed by atoms with Crippen molar-refractivity contribution in [3.05, 3.63) is 50.4 Å². The maximum Gasteiger partial charge on any atom is 0.348 e. The molecule has 1 aromatic carbocycles. The lowest BCUT2D eigenvalue weighted by molar-refractivity contribution is -0.383. The predicted molar refractivity (Wildman–Crippen MR) is 111 cm³/mol. The third kappa shape index (κ3) is 5.32. The number of hydrogen-bond acceptors (Lipinski definition) is 9. The first-order chi connectivity index (χ1) is 14.3. The summed E-state index contributed by atoms with van der Waals surface area (Å²) in [6.07, 6.45) is 0. The Morgan fingerprint density at radius 2 is 1.73 bits per heavy atom. The number of nitro benzene ring substituents is 1. The van der Waals surface area contributed by atoms with Crippen molar-refractivity contribution in [3.8, 4) is 0 Å². The van der Waals surface area contributed by atoms with Gasteiger partial charge in [-0.2, -0.15) is 0 Å². The van der Waals surface area contributed by atoms with Crippen LogP contribution in [0, 0.1) is 17.0 Å². The number of carbonyl (C=O) groups is 3. The highest BCUT2D eigenvalue weighted by atomic mass is 32.1. The lowest BCUT2D eigenvalue weighted by atomic mass is 10.1. The number of nitro groups is 1. The molecule has 0 aliphatic rings. The molecule has 0 aliphatic carbocycles. The fraction of sp³-hybridized carbons (Fsp3) is 0.316. The van der Waals surface area contributed by atoms with Crippen molar-refractivity contribution in [2.24, 2.45) is 0 Å². The predicted octanol–water partition coefficient (Wildman–Crippen LogP) is 3.37. The van der Waals surface area contributed by atoms with Crippen LogP contribution in [0.1, 0.15) is 39.4 Å². The Bertz CT molecular complexity index is 971. The fourth-order valence-corrected chi connectivity index (χ4v) is 3.66. The molecule has 2 N–H and O–H groups in total. The second kappa shape index (κ2) is 10.3. The SMILES string of the molecule is CCOC(=O)c1sc(NCC(=O)Nc2ccccc2[N+](=O)[O-])c(C(=O)OCC)c1C. The van der Waals surface area contributed by atoms with Gasteiger partial charge in [0.05, 0.1) is 30.2 Å². The van der Waals surface area contributed by atoms with Crippen molar-refractivity contribution in [2.75, 3.05) is 30.4 Å². The number of benzene rings is 1. The van der Waals surface area contributed by atoms with Crippen LogP contribution in [0.5, 0.6) is 0 Å². The van der Waals surface area contributed by atoms with E-state index in [1.54, 1.807) is 26.8 Å². The molecule has 160 valence electrons. The summed E-state index contributed by atoms with van der Waals surface area (Å²) >= 11 is 0.970. The summed E-state index contributed by atoms with van der Waals surface area (Å²) in [5.74, 6) is -1.78. The number of carbonyl (C=O) groups excluding carboxylic acids is 3. The first-order valence-corrected chi connectivity index (χ1v) is 9.86. The van der Waals surface area contributed by atoms with E-state index in [4.69, 9.17) is 9.47 Å².